The van der Waals surface area contributed by atoms with Crippen LogP contribution in [0.3, 0.4) is 0 Å². The Morgan fingerprint density at radius 2 is 1.97 bits per heavy atom. The number of aryl methyl sites for hydroxylation is 1. The third-order valence-corrected chi connectivity index (χ3v) is 7.79. The summed E-state index contributed by atoms with van der Waals surface area (Å²) < 4.78 is 23.5. The van der Waals surface area contributed by atoms with E-state index in [1.165, 1.54) is 6.20 Å². The number of halogens is 1. The zero-order chi connectivity index (χ0) is 26.6. The summed E-state index contributed by atoms with van der Waals surface area (Å²) in [7, 11) is 0. The molecule has 1 spiro atoms. The lowest BCUT2D eigenvalue weighted by Crippen LogP contribution is -2.42. The van der Waals surface area contributed by atoms with E-state index in [9.17, 15) is 14.7 Å². The number of carbonyl (C=O) groups is 1. The second-order valence-electron chi connectivity index (χ2n) is 10.1. The van der Waals surface area contributed by atoms with Gasteiger partial charge in [0.25, 0.3) is 0 Å². The number of anilines is 3. The number of pyridine rings is 2. The minimum absolute atomic E-state index is 0.0588. The number of benzene rings is 2. The Labute approximate surface area is 217 Å². The van der Waals surface area contributed by atoms with Gasteiger partial charge in [0, 0.05) is 24.7 Å². The topological polar surface area (TPSA) is 132 Å². The van der Waals surface area contributed by atoms with Crippen LogP contribution in [0.15, 0.2) is 41.3 Å². The first kappa shape index (κ1) is 24.0. The van der Waals surface area contributed by atoms with Crippen molar-refractivity contribution in [1.82, 2.24) is 9.55 Å². The Hall–Kier alpha value is -4.34. The minimum atomic E-state index is -1.37. The van der Waals surface area contributed by atoms with Crippen LogP contribution >= 0.6 is 0 Å². The van der Waals surface area contributed by atoms with Gasteiger partial charge in [-0.3, -0.25) is 4.79 Å². The zero-order valence-corrected chi connectivity index (χ0v) is 20.9. The van der Waals surface area contributed by atoms with Crippen LogP contribution in [0, 0.1) is 12.7 Å². The number of rotatable bonds is 6. The van der Waals surface area contributed by atoms with E-state index in [1.807, 2.05) is 37.3 Å². The van der Waals surface area contributed by atoms with Gasteiger partial charge in [-0.2, -0.15) is 0 Å². The Morgan fingerprint density at radius 1 is 1.24 bits per heavy atom. The lowest BCUT2D eigenvalue weighted by Gasteiger charge is -2.39. The third-order valence-electron chi connectivity index (χ3n) is 7.79. The predicted octanol–water partition coefficient (Wildman–Crippen LogP) is 4.46. The Morgan fingerprint density at radius 3 is 2.74 bits per heavy atom. The SMILES string of the molecule is Cc1cc(NCCNc2c(F)c(N)c3c(=O)c(C(=O)O)cn4c3c2OCC42CCCC2)nc2ccccc12. The van der Waals surface area contributed by atoms with Gasteiger partial charge in [-0.1, -0.05) is 31.0 Å². The normalized spacial score (nSPS) is 15.6. The van der Waals surface area contributed by atoms with Crippen molar-refractivity contribution in [2.24, 2.45) is 0 Å². The van der Waals surface area contributed by atoms with E-state index in [0.717, 1.165) is 42.1 Å². The van der Waals surface area contributed by atoms with Crippen LogP contribution in [0.2, 0.25) is 0 Å². The van der Waals surface area contributed by atoms with Gasteiger partial charge < -0.3 is 30.8 Å². The molecule has 2 aromatic carbocycles. The highest BCUT2D eigenvalue weighted by Crippen LogP contribution is 2.48. The highest BCUT2D eigenvalue weighted by Gasteiger charge is 2.43. The van der Waals surface area contributed by atoms with Crippen molar-refractivity contribution in [2.75, 3.05) is 36.1 Å². The van der Waals surface area contributed by atoms with Gasteiger partial charge in [0.15, 0.2) is 11.6 Å². The fourth-order valence-electron chi connectivity index (χ4n) is 5.89. The third kappa shape index (κ3) is 3.62. The van der Waals surface area contributed by atoms with Crippen LogP contribution in [0.25, 0.3) is 21.8 Å². The molecule has 38 heavy (non-hydrogen) atoms. The number of hydrogen-bond donors (Lipinski definition) is 4. The maximum Gasteiger partial charge on any atom is 0.341 e. The Balaban J connectivity index is 1.35. The van der Waals surface area contributed by atoms with Crippen molar-refractivity contribution in [3.63, 3.8) is 0 Å². The Bertz CT molecular complexity index is 1680. The standard InChI is InChI=1S/C28H28FN5O4/c1-15-12-19(33-18-7-3-2-6-16(15)18)31-10-11-32-23-21(29)22(30)20-24-26(23)38-14-28(8-4-5-9-28)34(24)13-17(25(20)35)27(36)37/h2-3,6-7,12-13,32H,4-5,8-11,14,30H2,1H3,(H,31,33)(H,36,37). The van der Waals surface area contributed by atoms with Crippen LogP contribution in [-0.4, -0.2) is 40.3 Å². The highest BCUT2D eigenvalue weighted by atomic mass is 19.1. The van der Waals surface area contributed by atoms with Crippen molar-refractivity contribution in [2.45, 2.75) is 38.1 Å². The number of ether oxygens (including phenoxy) is 1. The lowest BCUT2D eigenvalue weighted by atomic mass is 9.93. The first-order chi connectivity index (χ1) is 18.3. The van der Waals surface area contributed by atoms with E-state index >= 15 is 4.39 Å². The molecule has 1 fully saturated rings. The van der Waals surface area contributed by atoms with Crippen molar-refractivity contribution in [3.8, 4) is 5.75 Å². The molecule has 10 heteroatoms. The molecule has 5 N–H and O–H groups in total. The summed E-state index contributed by atoms with van der Waals surface area (Å²) in [6.07, 6.45) is 4.81. The number of fused-ring (bicyclic) bond motifs is 2. The summed E-state index contributed by atoms with van der Waals surface area (Å²) in [5, 5.41) is 17.0. The number of nitrogens with two attached hydrogens (primary N) is 1. The average molecular weight is 518 g/mol. The lowest BCUT2D eigenvalue weighted by molar-refractivity contribution is 0.0692. The van der Waals surface area contributed by atoms with E-state index in [2.05, 4.69) is 15.6 Å². The number of para-hydroxylation sites is 1. The maximum atomic E-state index is 15.6. The van der Waals surface area contributed by atoms with Gasteiger partial charge in [-0.15, -0.1) is 0 Å². The molecule has 0 unspecified atom stereocenters. The van der Waals surface area contributed by atoms with Gasteiger partial charge in [-0.05, 0) is 37.5 Å². The molecule has 3 heterocycles. The largest absolute Gasteiger partial charge is 0.487 e. The summed E-state index contributed by atoms with van der Waals surface area (Å²) in [5.74, 6) is -1.32. The average Bonchev–Trinajstić information content (AvgIpc) is 3.37. The summed E-state index contributed by atoms with van der Waals surface area (Å²) in [5.41, 5.74) is 6.42. The van der Waals surface area contributed by atoms with Gasteiger partial charge >= 0.3 is 5.97 Å². The molecule has 0 amide bonds. The number of carboxylic acid groups (broad SMARTS) is 1. The molecule has 0 bridgehead atoms. The van der Waals surface area contributed by atoms with Gasteiger partial charge in [0.1, 0.15) is 23.7 Å². The van der Waals surface area contributed by atoms with Crippen LogP contribution in [0.5, 0.6) is 5.75 Å². The zero-order valence-electron chi connectivity index (χ0n) is 20.9. The fraction of sp³-hybridized carbons (Fsp3) is 0.321. The first-order valence-electron chi connectivity index (χ1n) is 12.7. The minimum Gasteiger partial charge on any atom is -0.487 e. The van der Waals surface area contributed by atoms with Crippen molar-refractivity contribution in [1.29, 1.82) is 0 Å². The smallest absolute Gasteiger partial charge is 0.341 e. The van der Waals surface area contributed by atoms with E-state index in [0.29, 0.717) is 24.4 Å². The molecular weight excluding hydrogens is 489 g/mol. The second kappa shape index (κ2) is 8.90. The molecule has 1 saturated carbocycles. The molecule has 4 aromatic rings. The summed E-state index contributed by atoms with van der Waals surface area (Å²) >= 11 is 0. The quantitative estimate of drug-likeness (QED) is 0.218. The van der Waals surface area contributed by atoms with E-state index in [4.69, 9.17) is 10.5 Å². The second-order valence-corrected chi connectivity index (χ2v) is 10.1. The predicted molar refractivity (Wildman–Crippen MR) is 145 cm³/mol. The molecule has 0 saturated heterocycles. The number of carboxylic acids is 1. The molecule has 1 aliphatic heterocycles. The maximum absolute atomic E-state index is 15.6. The van der Waals surface area contributed by atoms with E-state index in [1.54, 1.807) is 4.57 Å². The summed E-state index contributed by atoms with van der Waals surface area (Å²) in [6.45, 7) is 3.02. The molecule has 2 aromatic heterocycles. The van der Waals surface area contributed by atoms with E-state index in [-0.39, 0.29) is 29.1 Å². The van der Waals surface area contributed by atoms with Crippen LogP contribution < -0.4 is 26.5 Å². The molecule has 0 radical (unpaired) electrons. The van der Waals surface area contributed by atoms with Crippen LogP contribution in [0.4, 0.5) is 21.6 Å². The molecule has 9 nitrogen and oxygen atoms in total. The number of aromatic nitrogens is 2. The molecule has 2 aliphatic rings. The van der Waals surface area contributed by atoms with Gasteiger partial charge in [-0.25, -0.2) is 14.2 Å². The molecule has 1 aliphatic carbocycles. The fourth-order valence-corrected chi connectivity index (χ4v) is 5.89. The molecular formula is C28H28FN5O4. The van der Waals surface area contributed by atoms with Crippen LogP contribution in [0.1, 0.15) is 41.6 Å². The number of nitrogens with zero attached hydrogens (tertiary/aromatic N) is 2. The number of nitrogen functional groups attached to an aromatic ring is 1. The van der Waals surface area contributed by atoms with Gasteiger partial charge in [0.05, 0.1) is 27.6 Å². The first-order valence-corrected chi connectivity index (χ1v) is 12.7. The number of hydrogen-bond acceptors (Lipinski definition) is 7. The summed E-state index contributed by atoms with van der Waals surface area (Å²) in [6, 6.07) is 9.85. The number of nitrogens with one attached hydrogen (secondary N) is 2. The van der Waals surface area contributed by atoms with Crippen molar-refractivity contribution < 1.29 is 19.0 Å². The highest BCUT2D eigenvalue weighted by molar-refractivity contribution is 6.03. The van der Waals surface area contributed by atoms with E-state index < -0.39 is 28.3 Å². The Kier molecular flexibility index (Phi) is 5.62. The number of aromatic carboxylic acids is 1. The van der Waals surface area contributed by atoms with Crippen molar-refractivity contribution in [3.05, 3.63) is 63.7 Å². The summed E-state index contributed by atoms with van der Waals surface area (Å²) in [4.78, 5) is 29.6. The van der Waals surface area contributed by atoms with Gasteiger partial charge in [0.2, 0.25) is 5.43 Å². The van der Waals surface area contributed by atoms with Crippen LogP contribution in [-0.2, 0) is 5.54 Å². The monoisotopic (exact) mass is 517 g/mol. The molecule has 196 valence electrons. The molecule has 0 atom stereocenters. The van der Waals surface area contributed by atoms with Crippen molar-refractivity contribution >= 4 is 45.0 Å². The molecule has 6 rings (SSSR count).